The van der Waals surface area contributed by atoms with Crippen LogP contribution in [0.2, 0.25) is 0 Å². The number of rotatable bonds is 5. The van der Waals surface area contributed by atoms with Gasteiger partial charge in [0.2, 0.25) is 5.91 Å². The number of imidazole rings is 1. The number of β-amino-alcohol motifs (C(OH)–C–C–N with tert-alkyl or cyclic N) is 1. The Morgan fingerprint density at radius 1 is 1.38 bits per heavy atom. The maximum atomic E-state index is 14.0. The normalized spacial score (nSPS) is 20.5. The summed E-state index contributed by atoms with van der Waals surface area (Å²) < 4.78 is 29.3. The molecule has 1 fully saturated rings. The van der Waals surface area contributed by atoms with Crippen molar-refractivity contribution in [1.29, 1.82) is 0 Å². The number of hydrogen-bond donors (Lipinski definition) is 1. The van der Waals surface area contributed by atoms with E-state index in [-0.39, 0.29) is 30.9 Å². The molecule has 1 amide bonds. The molecular weight excluding hydrogens is 316 g/mol. The average molecular weight is 335 g/mol. The first-order chi connectivity index (χ1) is 11.5. The number of aryl methyl sites for hydroxylation is 1. The lowest BCUT2D eigenvalue weighted by Crippen LogP contribution is -2.32. The van der Waals surface area contributed by atoms with E-state index in [2.05, 4.69) is 4.98 Å². The summed E-state index contributed by atoms with van der Waals surface area (Å²) in [6.45, 7) is 0.797. The van der Waals surface area contributed by atoms with Gasteiger partial charge in [-0.3, -0.25) is 4.79 Å². The summed E-state index contributed by atoms with van der Waals surface area (Å²) in [5.41, 5.74) is 0.120. The monoisotopic (exact) mass is 335 g/mol. The van der Waals surface area contributed by atoms with Gasteiger partial charge in [-0.15, -0.1) is 0 Å². The summed E-state index contributed by atoms with van der Waals surface area (Å²) in [6.07, 6.45) is 5.53. The van der Waals surface area contributed by atoms with Gasteiger partial charge in [-0.2, -0.15) is 0 Å². The van der Waals surface area contributed by atoms with Crippen molar-refractivity contribution < 1.29 is 18.7 Å². The molecule has 2 aromatic rings. The molecule has 0 bridgehead atoms. The van der Waals surface area contributed by atoms with Crippen LogP contribution in [0.1, 0.15) is 30.9 Å². The number of nitrogens with zero attached hydrogens (tertiary/aromatic N) is 3. The largest absolute Gasteiger partial charge is 0.391 e. The molecule has 2 unspecified atom stereocenters. The zero-order valence-corrected chi connectivity index (χ0v) is 13.1. The molecule has 1 aromatic carbocycles. The summed E-state index contributed by atoms with van der Waals surface area (Å²) >= 11 is 0. The number of halogens is 2. The number of aliphatic hydroxyl groups excluding tert-OH is 1. The lowest BCUT2D eigenvalue weighted by Gasteiger charge is -2.25. The molecule has 128 valence electrons. The van der Waals surface area contributed by atoms with Crippen molar-refractivity contribution in [1.82, 2.24) is 14.5 Å². The summed E-state index contributed by atoms with van der Waals surface area (Å²) in [6, 6.07) is 2.57. The van der Waals surface area contributed by atoms with Crippen molar-refractivity contribution in [2.75, 3.05) is 6.54 Å². The van der Waals surface area contributed by atoms with Crippen molar-refractivity contribution in [2.24, 2.45) is 0 Å². The minimum Gasteiger partial charge on any atom is -0.391 e. The SMILES string of the molecule is O=C(CCCn1ccnc1)N1CC(O)CC1c1cc(F)ccc1F. The van der Waals surface area contributed by atoms with Crippen LogP contribution in [0.15, 0.2) is 36.9 Å². The van der Waals surface area contributed by atoms with Crippen LogP contribution < -0.4 is 0 Å². The van der Waals surface area contributed by atoms with E-state index in [9.17, 15) is 18.7 Å². The Kier molecular flexibility index (Phi) is 4.89. The second-order valence-corrected chi connectivity index (χ2v) is 6.02. The molecule has 24 heavy (non-hydrogen) atoms. The number of carbonyl (C=O) groups excluding carboxylic acids is 1. The van der Waals surface area contributed by atoms with Crippen molar-refractivity contribution >= 4 is 5.91 Å². The van der Waals surface area contributed by atoms with Crippen LogP contribution in [-0.2, 0) is 11.3 Å². The van der Waals surface area contributed by atoms with Crippen molar-refractivity contribution in [3.63, 3.8) is 0 Å². The van der Waals surface area contributed by atoms with E-state index >= 15 is 0 Å². The quantitative estimate of drug-likeness (QED) is 0.912. The molecule has 1 aliphatic heterocycles. The maximum absolute atomic E-state index is 14.0. The summed E-state index contributed by atoms with van der Waals surface area (Å²) in [7, 11) is 0. The fourth-order valence-corrected chi connectivity index (χ4v) is 3.13. The number of likely N-dealkylation sites (tertiary alicyclic amines) is 1. The third-order valence-corrected chi connectivity index (χ3v) is 4.28. The third kappa shape index (κ3) is 3.62. The summed E-state index contributed by atoms with van der Waals surface area (Å²) in [5.74, 6) is -1.28. The first kappa shape index (κ1) is 16.6. The molecule has 0 aliphatic carbocycles. The Hall–Kier alpha value is -2.28. The van der Waals surface area contributed by atoms with Gasteiger partial charge in [-0.25, -0.2) is 13.8 Å². The molecule has 5 nitrogen and oxygen atoms in total. The molecular formula is C17H19F2N3O2. The van der Waals surface area contributed by atoms with Gasteiger partial charge >= 0.3 is 0 Å². The molecule has 7 heteroatoms. The lowest BCUT2D eigenvalue weighted by atomic mass is 10.0. The van der Waals surface area contributed by atoms with Crippen LogP contribution in [-0.4, -0.2) is 38.1 Å². The smallest absolute Gasteiger partial charge is 0.223 e. The molecule has 2 atom stereocenters. The molecule has 0 radical (unpaired) electrons. The second kappa shape index (κ2) is 7.09. The minimum absolute atomic E-state index is 0.120. The molecule has 0 spiro atoms. The van der Waals surface area contributed by atoms with E-state index < -0.39 is 23.8 Å². The fourth-order valence-electron chi connectivity index (χ4n) is 3.13. The Morgan fingerprint density at radius 2 is 2.21 bits per heavy atom. The highest BCUT2D eigenvalue weighted by Crippen LogP contribution is 2.34. The predicted molar refractivity (Wildman–Crippen MR) is 82.9 cm³/mol. The van der Waals surface area contributed by atoms with Gasteiger partial charge in [0, 0.05) is 37.5 Å². The van der Waals surface area contributed by atoms with Crippen LogP contribution in [0, 0.1) is 11.6 Å². The maximum Gasteiger partial charge on any atom is 0.223 e. The average Bonchev–Trinajstić information content (AvgIpc) is 3.19. The van der Waals surface area contributed by atoms with Gasteiger partial charge in [0.05, 0.1) is 18.5 Å². The van der Waals surface area contributed by atoms with Crippen molar-refractivity contribution in [2.45, 2.75) is 38.0 Å². The first-order valence-electron chi connectivity index (χ1n) is 7.93. The fraction of sp³-hybridized carbons (Fsp3) is 0.412. The zero-order valence-electron chi connectivity index (χ0n) is 13.1. The van der Waals surface area contributed by atoms with Crippen LogP contribution in [0.4, 0.5) is 8.78 Å². The zero-order chi connectivity index (χ0) is 17.1. The van der Waals surface area contributed by atoms with E-state index in [1.807, 2.05) is 10.8 Å². The molecule has 1 saturated heterocycles. The number of hydrogen-bond acceptors (Lipinski definition) is 3. The standard InChI is InChI=1S/C17H19F2N3O2/c18-12-3-4-15(19)14(8-12)16-9-13(23)10-22(16)17(24)2-1-6-21-7-5-20-11-21/h3-5,7-8,11,13,16,23H,1-2,6,9-10H2. The van der Waals surface area contributed by atoms with Crippen LogP contribution in [0.25, 0.3) is 0 Å². The predicted octanol–water partition coefficient (Wildman–Crippen LogP) is 2.28. The Balaban J connectivity index is 1.68. The van der Waals surface area contributed by atoms with Gasteiger partial charge < -0.3 is 14.6 Å². The number of amides is 1. The van der Waals surface area contributed by atoms with Gasteiger partial charge in [-0.05, 0) is 31.0 Å². The lowest BCUT2D eigenvalue weighted by molar-refractivity contribution is -0.132. The number of aromatic nitrogens is 2. The van der Waals surface area contributed by atoms with E-state index in [4.69, 9.17) is 0 Å². The van der Waals surface area contributed by atoms with Gasteiger partial charge in [0.25, 0.3) is 0 Å². The highest BCUT2D eigenvalue weighted by Gasteiger charge is 2.36. The van der Waals surface area contributed by atoms with Gasteiger partial charge in [-0.1, -0.05) is 0 Å². The topological polar surface area (TPSA) is 58.4 Å². The highest BCUT2D eigenvalue weighted by molar-refractivity contribution is 5.77. The molecule has 1 aromatic heterocycles. The Labute approximate surface area is 138 Å². The molecule has 2 heterocycles. The van der Waals surface area contributed by atoms with Gasteiger partial charge in [0.15, 0.2) is 0 Å². The van der Waals surface area contributed by atoms with Crippen molar-refractivity contribution in [3.05, 3.63) is 54.1 Å². The van der Waals surface area contributed by atoms with E-state index in [0.29, 0.717) is 13.0 Å². The van der Waals surface area contributed by atoms with E-state index in [1.54, 1.807) is 12.5 Å². The first-order valence-corrected chi connectivity index (χ1v) is 7.93. The van der Waals surface area contributed by atoms with Crippen LogP contribution in [0.3, 0.4) is 0 Å². The number of benzene rings is 1. The second-order valence-electron chi connectivity index (χ2n) is 6.02. The molecule has 1 N–H and O–H groups in total. The minimum atomic E-state index is -0.727. The van der Waals surface area contributed by atoms with E-state index in [0.717, 1.165) is 18.2 Å². The summed E-state index contributed by atoms with van der Waals surface area (Å²) in [4.78, 5) is 17.9. The van der Waals surface area contributed by atoms with Crippen molar-refractivity contribution in [3.8, 4) is 0 Å². The number of carbonyl (C=O) groups is 1. The Morgan fingerprint density at radius 3 is 2.96 bits per heavy atom. The van der Waals surface area contributed by atoms with E-state index in [1.165, 1.54) is 4.90 Å². The third-order valence-electron chi connectivity index (χ3n) is 4.28. The molecule has 1 aliphatic rings. The highest BCUT2D eigenvalue weighted by atomic mass is 19.1. The molecule has 3 rings (SSSR count). The summed E-state index contributed by atoms with van der Waals surface area (Å²) in [5, 5.41) is 9.89. The van der Waals surface area contributed by atoms with Crippen LogP contribution in [0.5, 0.6) is 0 Å². The van der Waals surface area contributed by atoms with Crippen LogP contribution >= 0.6 is 0 Å². The van der Waals surface area contributed by atoms with Gasteiger partial charge in [0.1, 0.15) is 11.6 Å². The Bertz CT molecular complexity index is 706. The molecule has 0 saturated carbocycles. The number of aliphatic hydroxyl groups is 1.